The summed E-state index contributed by atoms with van der Waals surface area (Å²) in [6, 6.07) is 16.2. The first-order valence-electron chi connectivity index (χ1n) is 12.3. The summed E-state index contributed by atoms with van der Waals surface area (Å²) in [6.45, 7) is 5.63. The van der Waals surface area contributed by atoms with Crippen LogP contribution in [-0.2, 0) is 25.6 Å². The summed E-state index contributed by atoms with van der Waals surface area (Å²) >= 11 is 0. The number of ether oxygens (including phenoxy) is 2. The van der Waals surface area contributed by atoms with Crippen molar-refractivity contribution < 1.29 is 24.0 Å². The van der Waals surface area contributed by atoms with Gasteiger partial charge in [0.1, 0.15) is 6.10 Å². The molecule has 2 aromatic rings. The Morgan fingerprint density at radius 3 is 2.35 bits per heavy atom. The Morgan fingerprint density at radius 2 is 1.68 bits per heavy atom. The van der Waals surface area contributed by atoms with E-state index in [1.165, 1.54) is 18.7 Å². The van der Waals surface area contributed by atoms with Crippen LogP contribution in [0.2, 0.25) is 0 Å². The zero-order valence-corrected chi connectivity index (χ0v) is 21.2. The molecule has 0 spiro atoms. The quantitative estimate of drug-likeness (QED) is 0.338. The van der Waals surface area contributed by atoms with Crippen LogP contribution >= 0.6 is 0 Å². The summed E-state index contributed by atoms with van der Waals surface area (Å²) in [4.78, 5) is 40.2. The van der Waals surface area contributed by atoms with Crippen LogP contribution in [0, 0.1) is 10.1 Å². The summed E-state index contributed by atoms with van der Waals surface area (Å²) in [5.74, 6) is -2.28. The molecular weight excluding hydrogens is 474 g/mol. The number of allylic oxidation sites excluding steroid dienone is 2. The highest BCUT2D eigenvalue weighted by molar-refractivity contribution is 6.00. The maximum atomic E-state index is 13.7. The fourth-order valence-electron chi connectivity index (χ4n) is 5.16. The molecule has 0 aliphatic carbocycles. The molecule has 194 valence electrons. The molecule has 9 nitrogen and oxygen atoms in total. The Kier molecular flexibility index (Phi) is 8.03. The van der Waals surface area contributed by atoms with Gasteiger partial charge in [-0.3, -0.25) is 15.0 Å². The van der Waals surface area contributed by atoms with Crippen LogP contribution in [0.4, 0.5) is 5.69 Å². The van der Waals surface area contributed by atoms with Gasteiger partial charge in [0, 0.05) is 36.1 Å². The number of dihydropyridines is 1. The summed E-state index contributed by atoms with van der Waals surface area (Å²) in [6.07, 6.45) is 1.25. The number of carbonyl (C=O) groups excluding carboxylic acids is 2. The van der Waals surface area contributed by atoms with Gasteiger partial charge in [-0.25, -0.2) is 9.59 Å². The number of hydrogen-bond donors (Lipinski definition) is 1. The fourth-order valence-corrected chi connectivity index (χ4v) is 5.16. The van der Waals surface area contributed by atoms with Crippen LogP contribution in [-0.4, -0.2) is 48.1 Å². The molecular formula is C28H31N3O6. The van der Waals surface area contributed by atoms with Gasteiger partial charge in [0.25, 0.3) is 5.69 Å². The van der Waals surface area contributed by atoms with E-state index in [0.29, 0.717) is 24.4 Å². The minimum Gasteiger partial charge on any atom is -0.466 e. The van der Waals surface area contributed by atoms with Crippen LogP contribution in [0.25, 0.3) is 0 Å². The molecule has 0 aromatic heterocycles. The lowest BCUT2D eigenvalue weighted by atomic mass is 9.79. The van der Waals surface area contributed by atoms with E-state index in [-0.39, 0.29) is 28.5 Å². The minimum absolute atomic E-state index is 0.142. The predicted octanol–water partition coefficient (Wildman–Crippen LogP) is 4.21. The molecule has 2 aliphatic rings. The number of carbonyl (C=O) groups is 2. The molecule has 0 radical (unpaired) electrons. The topological polar surface area (TPSA) is 111 Å². The lowest BCUT2D eigenvalue weighted by molar-refractivity contribution is -0.385. The molecule has 1 fully saturated rings. The van der Waals surface area contributed by atoms with Crippen molar-refractivity contribution in [2.24, 2.45) is 0 Å². The zero-order valence-electron chi connectivity index (χ0n) is 21.2. The Morgan fingerprint density at radius 1 is 1.03 bits per heavy atom. The second kappa shape index (κ2) is 11.4. The Hall–Kier alpha value is -3.98. The summed E-state index contributed by atoms with van der Waals surface area (Å²) < 4.78 is 11.0. The van der Waals surface area contributed by atoms with Crippen molar-refractivity contribution >= 4 is 17.6 Å². The molecule has 2 unspecified atom stereocenters. The number of esters is 2. The van der Waals surface area contributed by atoms with Gasteiger partial charge in [-0.05, 0) is 38.8 Å². The number of piperidine rings is 1. The number of nitrogens with one attached hydrogen (secondary N) is 1. The summed E-state index contributed by atoms with van der Waals surface area (Å²) in [5.41, 5.74) is 2.49. The van der Waals surface area contributed by atoms with Crippen LogP contribution in [0.5, 0.6) is 0 Å². The second-order valence-electron chi connectivity index (χ2n) is 9.33. The first kappa shape index (κ1) is 26.1. The third-order valence-corrected chi connectivity index (χ3v) is 6.82. The fraction of sp³-hybridized carbons (Fsp3) is 0.357. The van der Waals surface area contributed by atoms with Gasteiger partial charge in [-0.2, -0.15) is 0 Å². The van der Waals surface area contributed by atoms with Crippen molar-refractivity contribution in [3.8, 4) is 0 Å². The molecule has 0 bridgehead atoms. The van der Waals surface area contributed by atoms with Crippen molar-refractivity contribution in [1.82, 2.24) is 10.2 Å². The van der Waals surface area contributed by atoms with Crippen LogP contribution < -0.4 is 5.32 Å². The Bertz CT molecular complexity index is 1250. The highest BCUT2D eigenvalue weighted by Gasteiger charge is 2.41. The second-order valence-corrected chi connectivity index (χ2v) is 9.33. The molecule has 0 saturated carbocycles. The molecule has 9 heteroatoms. The van der Waals surface area contributed by atoms with E-state index in [4.69, 9.17) is 9.47 Å². The van der Waals surface area contributed by atoms with Gasteiger partial charge in [0.05, 0.1) is 29.1 Å². The normalized spacial score (nSPS) is 20.3. The van der Waals surface area contributed by atoms with Gasteiger partial charge in [-0.1, -0.05) is 48.5 Å². The van der Waals surface area contributed by atoms with Gasteiger partial charge >= 0.3 is 11.9 Å². The summed E-state index contributed by atoms with van der Waals surface area (Å²) in [5, 5.41) is 15.0. The highest BCUT2D eigenvalue weighted by atomic mass is 16.6. The van der Waals surface area contributed by atoms with E-state index in [1.54, 1.807) is 32.0 Å². The number of nitrogens with zero attached hydrogens (tertiary/aromatic N) is 2. The third kappa shape index (κ3) is 5.72. The van der Waals surface area contributed by atoms with Gasteiger partial charge in [-0.15, -0.1) is 0 Å². The Balaban J connectivity index is 1.64. The molecule has 4 rings (SSSR count). The van der Waals surface area contributed by atoms with Gasteiger partial charge in [0.2, 0.25) is 0 Å². The molecule has 2 aliphatic heterocycles. The van der Waals surface area contributed by atoms with E-state index in [9.17, 15) is 19.7 Å². The van der Waals surface area contributed by atoms with Crippen molar-refractivity contribution in [2.75, 3.05) is 20.2 Å². The SMILES string of the molecule is COC(=O)C1=C(C)NC(C)=C(C(=O)OC2CCCN(Cc3ccccc3)C2)C1c1ccccc1[N+](=O)[O-]. The largest absolute Gasteiger partial charge is 0.466 e. The van der Waals surface area contributed by atoms with E-state index >= 15 is 0 Å². The number of hydrogen-bond acceptors (Lipinski definition) is 8. The average molecular weight is 506 g/mol. The van der Waals surface area contributed by atoms with Gasteiger partial charge < -0.3 is 14.8 Å². The maximum absolute atomic E-state index is 13.7. The predicted molar refractivity (Wildman–Crippen MR) is 137 cm³/mol. The van der Waals surface area contributed by atoms with E-state index in [1.807, 2.05) is 18.2 Å². The van der Waals surface area contributed by atoms with Gasteiger partial charge in [0.15, 0.2) is 0 Å². The number of likely N-dealkylation sites (tertiary alicyclic amines) is 1. The number of nitro groups is 1. The molecule has 1 N–H and O–H groups in total. The van der Waals surface area contributed by atoms with E-state index in [2.05, 4.69) is 22.3 Å². The van der Waals surface area contributed by atoms with E-state index in [0.717, 1.165) is 19.5 Å². The zero-order chi connectivity index (χ0) is 26.5. The molecule has 0 amide bonds. The molecule has 2 atom stereocenters. The van der Waals surface area contributed by atoms with Crippen LogP contribution in [0.3, 0.4) is 0 Å². The molecule has 37 heavy (non-hydrogen) atoms. The number of benzene rings is 2. The van der Waals surface area contributed by atoms with Crippen LogP contribution in [0.1, 0.15) is 43.7 Å². The van der Waals surface area contributed by atoms with Crippen LogP contribution in [0.15, 0.2) is 77.1 Å². The smallest absolute Gasteiger partial charge is 0.337 e. The van der Waals surface area contributed by atoms with Crippen molar-refractivity contribution in [3.05, 3.63) is 98.4 Å². The number of para-hydroxylation sites is 1. The maximum Gasteiger partial charge on any atom is 0.337 e. The Labute approximate surface area is 215 Å². The highest BCUT2D eigenvalue weighted by Crippen LogP contribution is 2.42. The number of rotatable bonds is 7. The van der Waals surface area contributed by atoms with Crippen molar-refractivity contribution in [2.45, 2.75) is 45.3 Å². The molecule has 2 aromatic carbocycles. The average Bonchev–Trinajstić information content (AvgIpc) is 2.88. The monoisotopic (exact) mass is 505 g/mol. The van der Waals surface area contributed by atoms with Crippen molar-refractivity contribution in [3.63, 3.8) is 0 Å². The summed E-state index contributed by atoms with van der Waals surface area (Å²) in [7, 11) is 1.24. The third-order valence-electron chi connectivity index (χ3n) is 6.82. The first-order valence-corrected chi connectivity index (χ1v) is 12.3. The lowest BCUT2D eigenvalue weighted by Crippen LogP contribution is -2.41. The number of nitro benzene ring substituents is 1. The number of methoxy groups -OCH3 is 1. The first-order chi connectivity index (χ1) is 17.8. The lowest BCUT2D eigenvalue weighted by Gasteiger charge is -2.34. The van der Waals surface area contributed by atoms with Crippen molar-refractivity contribution in [1.29, 1.82) is 0 Å². The standard InChI is InChI=1S/C28H31N3O6/c1-18-24(27(32)36-3)26(22-13-7-8-14-23(22)31(34)35)25(19(2)29-18)28(33)37-21-12-9-15-30(17-21)16-20-10-5-4-6-11-20/h4-8,10-11,13-14,21,26,29H,9,12,15-17H2,1-3H3. The molecule has 1 saturated heterocycles. The molecule has 2 heterocycles. The van der Waals surface area contributed by atoms with E-state index < -0.39 is 22.8 Å². The minimum atomic E-state index is -1.01.